The smallest absolute Gasteiger partial charge is 0.353 e. The fourth-order valence-electron chi connectivity index (χ4n) is 4.51. The molecule has 0 radical (unpaired) electrons. The zero-order chi connectivity index (χ0) is 33.1. The van der Waals surface area contributed by atoms with Crippen LogP contribution in [0.4, 0.5) is 44.2 Å². The van der Waals surface area contributed by atoms with Crippen molar-refractivity contribution in [1.82, 2.24) is 25.2 Å². The first kappa shape index (κ1) is 33.0. The zero-order valence-corrected chi connectivity index (χ0v) is 24.8. The van der Waals surface area contributed by atoms with Crippen molar-refractivity contribution in [2.75, 3.05) is 43.9 Å². The minimum absolute atomic E-state index is 0.0507. The van der Waals surface area contributed by atoms with Crippen molar-refractivity contribution in [3.05, 3.63) is 64.7 Å². The number of aromatic nitrogens is 2. The average Bonchev–Trinajstić information content (AvgIpc) is 2.96. The first-order chi connectivity index (χ1) is 21.2. The number of para-hydroxylation sites is 1. The molecular formula is C29H30F5N7O4. The largest absolute Gasteiger partial charge is 0.493 e. The number of anilines is 3. The lowest BCUT2D eigenvalue weighted by atomic mass is 9.98. The quantitative estimate of drug-likeness (QED) is 0.251. The molecule has 0 saturated carbocycles. The van der Waals surface area contributed by atoms with E-state index in [2.05, 4.69) is 25.4 Å². The monoisotopic (exact) mass is 635 g/mol. The number of alkyl halides is 3. The molecule has 0 spiro atoms. The van der Waals surface area contributed by atoms with Crippen molar-refractivity contribution < 1.29 is 41.2 Å². The summed E-state index contributed by atoms with van der Waals surface area (Å²) >= 11 is 0. The molecule has 4 rings (SSSR count). The Kier molecular flexibility index (Phi) is 9.85. The van der Waals surface area contributed by atoms with Crippen molar-refractivity contribution in [3.63, 3.8) is 0 Å². The van der Waals surface area contributed by atoms with Gasteiger partial charge in [0.1, 0.15) is 17.3 Å². The molecule has 1 aliphatic heterocycles. The van der Waals surface area contributed by atoms with Crippen LogP contribution in [0.15, 0.2) is 36.4 Å². The molecule has 0 saturated heterocycles. The molecule has 0 fully saturated rings. The number of carbonyl (C=O) groups excluding carboxylic acids is 3. The highest BCUT2D eigenvalue weighted by molar-refractivity contribution is 6.02. The Morgan fingerprint density at radius 3 is 2.38 bits per heavy atom. The molecule has 16 heteroatoms. The Morgan fingerprint density at radius 1 is 1.09 bits per heavy atom. The molecule has 2 heterocycles. The summed E-state index contributed by atoms with van der Waals surface area (Å²) in [5, 5.41) is 5.98. The Labute approximate surface area is 254 Å². The first-order valence-electron chi connectivity index (χ1n) is 13.8. The Hall–Kier alpha value is -4.86. The van der Waals surface area contributed by atoms with E-state index in [1.807, 2.05) is 19.0 Å². The second-order valence-electron chi connectivity index (χ2n) is 10.3. The average molecular weight is 636 g/mol. The lowest BCUT2D eigenvalue weighted by molar-refractivity contribution is -0.228. The normalized spacial score (nSPS) is 12.9. The van der Waals surface area contributed by atoms with Crippen LogP contribution >= 0.6 is 0 Å². The summed E-state index contributed by atoms with van der Waals surface area (Å²) in [6, 6.07) is 6.53. The highest BCUT2D eigenvalue weighted by Gasteiger charge is 2.43. The van der Waals surface area contributed by atoms with Gasteiger partial charge in [-0.3, -0.25) is 4.79 Å². The van der Waals surface area contributed by atoms with E-state index < -0.39 is 41.4 Å². The summed E-state index contributed by atoms with van der Waals surface area (Å²) in [5.41, 5.74) is 0.724. The van der Waals surface area contributed by atoms with Crippen molar-refractivity contribution >= 4 is 35.4 Å². The van der Waals surface area contributed by atoms with Crippen LogP contribution in [0.25, 0.3) is 11.3 Å². The number of nitrogens with one attached hydrogen (secondary N) is 2. The molecule has 0 atom stereocenters. The minimum atomic E-state index is -5.30. The van der Waals surface area contributed by atoms with Gasteiger partial charge in [-0.25, -0.2) is 28.3 Å². The second kappa shape index (κ2) is 13.4. The van der Waals surface area contributed by atoms with Crippen LogP contribution in [-0.2, 0) is 16.2 Å². The molecule has 1 aliphatic rings. The third-order valence-electron chi connectivity index (χ3n) is 6.63. The molecule has 11 nitrogen and oxygen atoms in total. The van der Waals surface area contributed by atoms with Crippen LogP contribution < -0.4 is 15.5 Å². The van der Waals surface area contributed by atoms with Gasteiger partial charge < -0.3 is 20.4 Å². The molecule has 0 bridgehead atoms. The lowest BCUT2D eigenvalue weighted by Gasteiger charge is -2.31. The van der Waals surface area contributed by atoms with E-state index in [0.717, 1.165) is 23.1 Å². The van der Waals surface area contributed by atoms with Crippen molar-refractivity contribution in [2.24, 2.45) is 0 Å². The topological polar surface area (TPSA) is 120 Å². The number of halogens is 5. The van der Waals surface area contributed by atoms with Gasteiger partial charge in [-0.1, -0.05) is 19.1 Å². The number of nitrogens with zero attached hydrogens (tertiary/aromatic N) is 5. The molecule has 240 valence electrons. The maximum atomic E-state index is 14.9. The molecule has 3 amide bonds. The summed E-state index contributed by atoms with van der Waals surface area (Å²) in [6.45, 7) is 3.76. The molecule has 2 aromatic carbocycles. The summed E-state index contributed by atoms with van der Waals surface area (Å²) < 4.78 is 68.2. The predicted molar refractivity (Wildman–Crippen MR) is 153 cm³/mol. The van der Waals surface area contributed by atoms with Gasteiger partial charge >= 0.3 is 18.2 Å². The first-order valence-corrected chi connectivity index (χ1v) is 13.8. The van der Waals surface area contributed by atoms with Crippen LogP contribution in [0.1, 0.15) is 34.8 Å². The Balaban J connectivity index is 1.81. The van der Waals surface area contributed by atoms with Gasteiger partial charge in [0.05, 0.1) is 18.8 Å². The van der Waals surface area contributed by atoms with Crippen LogP contribution in [0.3, 0.4) is 0 Å². The van der Waals surface area contributed by atoms with Gasteiger partial charge in [-0.05, 0) is 57.3 Å². The van der Waals surface area contributed by atoms with E-state index in [0.29, 0.717) is 34.8 Å². The highest BCUT2D eigenvalue weighted by Crippen LogP contribution is 2.39. The molecule has 1 aromatic heterocycles. The molecule has 3 aromatic rings. The van der Waals surface area contributed by atoms with Gasteiger partial charge in [-0.2, -0.15) is 23.2 Å². The third-order valence-corrected chi connectivity index (χ3v) is 6.63. The van der Waals surface area contributed by atoms with E-state index in [4.69, 9.17) is 0 Å². The number of rotatable bonds is 9. The fourth-order valence-corrected chi connectivity index (χ4v) is 4.51. The SMILES string of the molecule is CCCN(OC(=O)C(F)(F)F)C(=O)c1ccc(-c2nc(NCCN(C)C)nc3c2CNC(=O)N3c2c(F)cccc2F)c(C)c1. The molecule has 2 N–H and O–H groups in total. The fraction of sp³-hybridized carbons (Fsp3) is 0.345. The predicted octanol–water partition coefficient (Wildman–Crippen LogP) is 4.94. The minimum Gasteiger partial charge on any atom is -0.353 e. The van der Waals surface area contributed by atoms with Crippen LogP contribution in [0.5, 0.6) is 0 Å². The summed E-state index contributed by atoms with van der Waals surface area (Å²) in [7, 11) is 3.71. The number of carbonyl (C=O) groups is 3. The number of fused-ring (bicyclic) bond motifs is 1. The van der Waals surface area contributed by atoms with Gasteiger partial charge in [0.25, 0.3) is 5.91 Å². The molecule has 45 heavy (non-hydrogen) atoms. The van der Waals surface area contributed by atoms with Gasteiger partial charge in [0.15, 0.2) is 5.82 Å². The number of benzene rings is 2. The molecule has 0 unspecified atom stereocenters. The number of hydroxylamine groups is 2. The lowest BCUT2D eigenvalue weighted by Crippen LogP contribution is -2.43. The van der Waals surface area contributed by atoms with E-state index in [-0.39, 0.29) is 42.5 Å². The van der Waals surface area contributed by atoms with Gasteiger partial charge in [0, 0.05) is 29.8 Å². The van der Waals surface area contributed by atoms with Crippen molar-refractivity contribution in [1.29, 1.82) is 0 Å². The van der Waals surface area contributed by atoms with E-state index in [1.165, 1.54) is 18.2 Å². The number of amides is 3. The summed E-state index contributed by atoms with van der Waals surface area (Å²) in [6.07, 6.45) is -5.10. The number of aryl methyl sites for hydroxylation is 1. The van der Waals surface area contributed by atoms with Crippen LogP contribution in [0, 0.1) is 18.6 Å². The van der Waals surface area contributed by atoms with Crippen molar-refractivity contribution in [2.45, 2.75) is 33.0 Å². The van der Waals surface area contributed by atoms with Crippen molar-refractivity contribution in [3.8, 4) is 11.3 Å². The van der Waals surface area contributed by atoms with Gasteiger partial charge in [0.2, 0.25) is 5.95 Å². The number of likely N-dealkylation sites (N-methyl/N-ethyl adjacent to an activating group) is 1. The van der Waals surface area contributed by atoms with Gasteiger partial charge in [-0.15, -0.1) is 0 Å². The van der Waals surface area contributed by atoms with Crippen LogP contribution in [-0.4, -0.2) is 77.7 Å². The summed E-state index contributed by atoms with van der Waals surface area (Å²) in [5.74, 6) is -5.53. The Bertz CT molecular complexity index is 1600. The molecule has 0 aliphatic carbocycles. The Morgan fingerprint density at radius 2 is 1.78 bits per heavy atom. The van der Waals surface area contributed by atoms with E-state index >= 15 is 0 Å². The van der Waals surface area contributed by atoms with E-state index in [1.54, 1.807) is 13.8 Å². The second-order valence-corrected chi connectivity index (χ2v) is 10.3. The number of urea groups is 1. The van der Waals surface area contributed by atoms with Crippen LogP contribution in [0.2, 0.25) is 0 Å². The highest BCUT2D eigenvalue weighted by atomic mass is 19.4. The third kappa shape index (κ3) is 7.28. The summed E-state index contributed by atoms with van der Waals surface area (Å²) in [4.78, 5) is 53.6. The molecular weight excluding hydrogens is 605 g/mol. The zero-order valence-electron chi connectivity index (χ0n) is 24.8. The standard InChI is InChI=1S/C29H30F5N7O4/c1-5-12-40(45-26(43)29(32,33)34)25(42)17-9-10-18(16(2)14-17)22-19-15-36-28(44)41(23-20(30)7-6-8-21(23)31)24(19)38-27(37-22)35-11-13-39(3)4/h6-10,14H,5,11-13,15H2,1-4H3,(H,36,44)(H,35,37,38). The maximum Gasteiger partial charge on any atom is 0.493 e. The maximum absolute atomic E-state index is 14.9. The number of hydrogen-bond acceptors (Lipinski definition) is 8. The van der Waals surface area contributed by atoms with E-state index in [9.17, 15) is 36.3 Å². The number of hydrogen-bond donors (Lipinski definition) is 2.